The Labute approximate surface area is 76.1 Å². The summed E-state index contributed by atoms with van der Waals surface area (Å²) < 4.78 is 25.0. The number of hydrogen-bond donors (Lipinski definition) is 1. The van der Waals surface area contributed by atoms with Crippen LogP contribution in [0, 0.1) is 11.8 Å². The fourth-order valence-electron chi connectivity index (χ4n) is 2.80. The van der Waals surface area contributed by atoms with Gasteiger partial charge in [-0.25, -0.2) is 13.1 Å². The minimum absolute atomic E-state index is 0.129. The third-order valence-electron chi connectivity index (χ3n) is 3.24. The van der Waals surface area contributed by atoms with E-state index >= 15 is 0 Å². The molecule has 4 nitrogen and oxygen atoms in total. The van der Waals surface area contributed by atoms with E-state index in [1.54, 1.807) is 0 Å². The first kappa shape index (κ1) is 7.55. The van der Waals surface area contributed by atoms with Crippen molar-refractivity contribution in [2.24, 2.45) is 11.8 Å². The summed E-state index contributed by atoms with van der Waals surface area (Å²) >= 11 is 0. The zero-order valence-corrected chi connectivity index (χ0v) is 7.73. The molecule has 70 valence electrons. The van der Waals surface area contributed by atoms with Crippen molar-refractivity contribution in [2.45, 2.75) is 19.3 Å². The molecular formula is C8H9NO3S. The van der Waals surface area contributed by atoms with Gasteiger partial charge in [-0.2, -0.15) is 0 Å². The van der Waals surface area contributed by atoms with Crippen molar-refractivity contribution in [3.05, 3.63) is 10.5 Å². The number of allylic oxidation sites excluding steroid dienone is 1. The number of fused-ring (bicyclic) bond motifs is 4. The summed E-state index contributed by atoms with van der Waals surface area (Å²) in [6, 6.07) is 0. The Hall–Kier alpha value is -0.840. The van der Waals surface area contributed by atoms with Gasteiger partial charge in [0.05, 0.1) is 4.91 Å². The number of carbonyl (C=O) groups is 1. The quantitative estimate of drug-likeness (QED) is 0.603. The highest BCUT2D eigenvalue weighted by Crippen LogP contribution is 2.52. The van der Waals surface area contributed by atoms with E-state index in [-0.39, 0.29) is 17.7 Å². The SMILES string of the molecule is O=C1NS(=O)(=O)C2=C1C1CCC2C1. The molecule has 0 aromatic rings. The molecule has 3 aliphatic rings. The molecule has 1 amide bonds. The molecule has 0 spiro atoms. The number of rotatable bonds is 0. The summed E-state index contributed by atoms with van der Waals surface area (Å²) in [5.41, 5.74) is 0.566. The lowest BCUT2D eigenvalue weighted by Gasteiger charge is -2.08. The van der Waals surface area contributed by atoms with Crippen LogP contribution < -0.4 is 4.72 Å². The third-order valence-corrected chi connectivity index (χ3v) is 4.82. The van der Waals surface area contributed by atoms with E-state index in [0.29, 0.717) is 10.5 Å². The molecule has 13 heavy (non-hydrogen) atoms. The van der Waals surface area contributed by atoms with Crippen LogP contribution in [-0.2, 0) is 14.8 Å². The van der Waals surface area contributed by atoms with Gasteiger partial charge >= 0.3 is 0 Å². The Balaban J connectivity index is 2.27. The third kappa shape index (κ3) is 0.757. The van der Waals surface area contributed by atoms with Crippen LogP contribution in [0.2, 0.25) is 0 Å². The van der Waals surface area contributed by atoms with Gasteiger partial charge in [0.25, 0.3) is 15.9 Å². The number of hydrogen-bond acceptors (Lipinski definition) is 3. The number of amides is 1. The van der Waals surface area contributed by atoms with E-state index in [9.17, 15) is 13.2 Å². The molecule has 2 bridgehead atoms. The zero-order valence-electron chi connectivity index (χ0n) is 6.91. The van der Waals surface area contributed by atoms with Crippen LogP contribution in [0.4, 0.5) is 0 Å². The summed E-state index contributed by atoms with van der Waals surface area (Å²) in [7, 11) is -3.42. The molecule has 1 N–H and O–H groups in total. The second-order valence-corrected chi connectivity index (χ2v) is 5.57. The van der Waals surface area contributed by atoms with Gasteiger partial charge in [-0.05, 0) is 31.1 Å². The van der Waals surface area contributed by atoms with E-state index in [1.165, 1.54) is 0 Å². The molecule has 1 aliphatic heterocycles. The van der Waals surface area contributed by atoms with E-state index < -0.39 is 10.0 Å². The molecule has 3 rings (SSSR count). The fraction of sp³-hybridized carbons (Fsp3) is 0.625. The van der Waals surface area contributed by atoms with Crippen molar-refractivity contribution in [3.8, 4) is 0 Å². The molecule has 0 saturated heterocycles. The standard InChI is InChI=1S/C8H9NO3S/c10-8-6-4-1-2-5(3-4)7(6)13(11,12)9-8/h4-5H,1-3H2,(H,9,10). The van der Waals surface area contributed by atoms with Crippen LogP contribution in [0.25, 0.3) is 0 Å². The molecule has 2 aliphatic carbocycles. The molecular weight excluding hydrogens is 190 g/mol. The van der Waals surface area contributed by atoms with E-state index in [0.717, 1.165) is 19.3 Å². The lowest BCUT2D eigenvalue weighted by atomic mass is 9.98. The summed E-state index contributed by atoms with van der Waals surface area (Å²) in [5, 5.41) is 0. The van der Waals surface area contributed by atoms with Crippen molar-refractivity contribution in [1.82, 2.24) is 4.72 Å². The molecule has 5 heteroatoms. The molecule has 0 aromatic heterocycles. The highest BCUT2D eigenvalue weighted by Gasteiger charge is 2.51. The molecule has 0 radical (unpaired) electrons. The number of sulfonamides is 1. The van der Waals surface area contributed by atoms with Crippen LogP contribution in [0.15, 0.2) is 10.5 Å². The van der Waals surface area contributed by atoms with Gasteiger partial charge in [0, 0.05) is 5.57 Å². The summed E-state index contributed by atoms with van der Waals surface area (Å²) in [6.45, 7) is 0. The predicted octanol–water partition coefficient (Wildman–Crippen LogP) is 0.130. The minimum Gasteiger partial charge on any atom is -0.269 e. The van der Waals surface area contributed by atoms with Gasteiger partial charge in [0.2, 0.25) is 0 Å². The van der Waals surface area contributed by atoms with Crippen molar-refractivity contribution < 1.29 is 13.2 Å². The van der Waals surface area contributed by atoms with Gasteiger partial charge in [-0.1, -0.05) is 0 Å². The maximum atomic E-state index is 11.5. The van der Waals surface area contributed by atoms with Gasteiger partial charge in [0.1, 0.15) is 0 Å². The van der Waals surface area contributed by atoms with Crippen LogP contribution in [0.3, 0.4) is 0 Å². The minimum atomic E-state index is -3.42. The van der Waals surface area contributed by atoms with Gasteiger partial charge < -0.3 is 0 Å². The van der Waals surface area contributed by atoms with E-state index in [1.807, 2.05) is 0 Å². The largest absolute Gasteiger partial charge is 0.269 e. The van der Waals surface area contributed by atoms with Crippen molar-refractivity contribution in [2.75, 3.05) is 0 Å². The first-order valence-electron chi connectivity index (χ1n) is 4.41. The summed E-state index contributed by atoms with van der Waals surface area (Å²) in [5.74, 6) is -0.0246. The van der Waals surface area contributed by atoms with Crippen LogP contribution in [-0.4, -0.2) is 14.3 Å². The topological polar surface area (TPSA) is 63.2 Å². The van der Waals surface area contributed by atoms with E-state index in [4.69, 9.17) is 0 Å². The molecule has 0 aromatic carbocycles. The Morgan fingerprint density at radius 2 is 1.92 bits per heavy atom. The number of nitrogens with one attached hydrogen (secondary N) is 1. The van der Waals surface area contributed by atoms with Crippen LogP contribution in [0.5, 0.6) is 0 Å². The zero-order chi connectivity index (χ0) is 9.22. The molecule has 2 unspecified atom stereocenters. The monoisotopic (exact) mass is 199 g/mol. The van der Waals surface area contributed by atoms with Crippen LogP contribution in [0.1, 0.15) is 19.3 Å². The molecule has 2 atom stereocenters. The Bertz CT molecular complexity index is 434. The second-order valence-electron chi connectivity index (χ2n) is 3.92. The van der Waals surface area contributed by atoms with Crippen molar-refractivity contribution >= 4 is 15.9 Å². The smallest absolute Gasteiger partial charge is 0.262 e. The van der Waals surface area contributed by atoms with Gasteiger partial charge in [-0.15, -0.1) is 0 Å². The fourth-order valence-corrected chi connectivity index (χ4v) is 4.46. The van der Waals surface area contributed by atoms with E-state index in [2.05, 4.69) is 4.72 Å². The lowest BCUT2D eigenvalue weighted by Crippen LogP contribution is -2.26. The highest BCUT2D eigenvalue weighted by atomic mass is 32.2. The van der Waals surface area contributed by atoms with Crippen molar-refractivity contribution in [1.29, 1.82) is 0 Å². The Kier molecular flexibility index (Phi) is 1.15. The Morgan fingerprint density at radius 1 is 1.23 bits per heavy atom. The molecule has 1 heterocycles. The van der Waals surface area contributed by atoms with Crippen molar-refractivity contribution in [3.63, 3.8) is 0 Å². The molecule has 1 saturated carbocycles. The highest BCUT2D eigenvalue weighted by molar-refractivity contribution is 7.94. The summed E-state index contributed by atoms with van der Waals surface area (Å²) in [6.07, 6.45) is 2.78. The second kappa shape index (κ2) is 1.97. The molecule has 1 fully saturated rings. The van der Waals surface area contributed by atoms with Gasteiger partial charge in [-0.3, -0.25) is 4.79 Å². The first-order chi connectivity index (χ1) is 6.09. The average Bonchev–Trinajstić information content (AvgIpc) is 2.63. The normalized spacial score (nSPS) is 39.5. The van der Waals surface area contributed by atoms with Crippen LogP contribution >= 0.6 is 0 Å². The average molecular weight is 199 g/mol. The summed E-state index contributed by atoms with van der Waals surface area (Å²) in [4.78, 5) is 11.7. The Morgan fingerprint density at radius 3 is 2.62 bits per heavy atom. The predicted molar refractivity (Wildman–Crippen MR) is 44.9 cm³/mol. The first-order valence-corrected chi connectivity index (χ1v) is 5.89. The lowest BCUT2D eigenvalue weighted by molar-refractivity contribution is -0.116. The van der Waals surface area contributed by atoms with Gasteiger partial charge in [0.15, 0.2) is 0 Å². The maximum absolute atomic E-state index is 11.5. The maximum Gasteiger partial charge on any atom is 0.262 e. The number of carbonyl (C=O) groups excluding carboxylic acids is 1.